The molecule has 3 heterocycles. The van der Waals surface area contributed by atoms with E-state index >= 15 is 0 Å². The van der Waals surface area contributed by atoms with E-state index in [0.29, 0.717) is 19.0 Å². The summed E-state index contributed by atoms with van der Waals surface area (Å²) in [6, 6.07) is -0.346. The van der Waals surface area contributed by atoms with Crippen LogP contribution in [0.4, 0.5) is 0 Å². The van der Waals surface area contributed by atoms with Crippen molar-refractivity contribution in [1.82, 2.24) is 24.4 Å². The van der Waals surface area contributed by atoms with Gasteiger partial charge in [-0.15, -0.1) is 10.2 Å². The zero-order valence-corrected chi connectivity index (χ0v) is 15.5. The number of hydrogen-bond donors (Lipinski definition) is 1. The van der Waals surface area contributed by atoms with Gasteiger partial charge in [0.1, 0.15) is 5.82 Å². The molecule has 0 unspecified atom stereocenters. The summed E-state index contributed by atoms with van der Waals surface area (Å²) in [7, 11) is -0.346. The number of hydrogen-bond acceptors (Lipinski definition) is 6. The third kappa shape index (κ3) is 4.01. The average molecular weight is 371 g/mol. The van der Waals surface area contributed by atoms with Crippen molar-refractivity contribution in [2.75, 3.05) is 33.1 Å². The Morgan fingerprint density at radius 3 is 2.84 bits per heavy atom. The summed E-state index contributed by atoms with van der Waals surface area (Å²) in [6.45, 7) is 1.36. The molecular weight excluding hydrogens is 346 g/mol. The van der Waals surface area contributed by atoms with Gasteiger partial charge in [0.2, 0.25) is 15.8 Å². The number of aromatic nitrogens is 3. The molecule has 2 aliphatic heterocycles. The van der Waals surface area contributed by atoms with E-state index < -0.39 is 10.0 Å². The van der Waals surface area contributed by atoms with Gasteiger partial charge in [-0.1, -0.05) is 6.42 Å². The molecule has 1 saturated heterocycles. The van der Waals surface area contributed by atoms with E-state index in [4.69, 9.17) is 4.74 Å². The SMILES string of the molecule is CN(C)S(=O)(=O)C[C@@H]1COC[C@@H]1NC(=O)c1nnc2n1CCCCC2. The lowest BCUT2D eigenvalue weighted by molar-refractivity contribution is 0.0910. The van der Waals surface area contributed by atoms with Gasteiger partial charge >= 0.3 is 0 Å². The Morgan fingerprint density at radius 1 is 1.28 bits per heavy atom. The first-order valence-corrected chi connectivity index (χ1v) is 10.2. The van der Waals surface area contributed by atoms with Crippen LogP contribution in [-0.2, 0) is 27.7 Å². The summed E-state index contributed by atoms with van der Waals surface area (Å²) in [6.07, 6.45) is 4.00. The van der Waals surface area contributed by atoms with Gasteiger partial charge in [0.25, 0.3) is 5.91 Å². The molecule has 0 spiro atoms. The van der Waals surface area contributed by atoms with Crippen molar-refractivity contribution in [3.05, 3.63) is 11.6 Å². The first kappa shape index (κ1) is 18.3. The average Bonchev–Trinajstić information content (AvgIpc) is 3.07. The van der Waals surface area contributed by atoms with Crippen LogP contribution >= 0.6 is 0 Å². The minimum atomic E-state index is -3.35. The van der Waals surface area contributed by atoms with Crippen LogP contribution in [0, 0.1) is 5.92 Å². The Kier molecular flexibility index (Phi) is 5.40. The molecule has 2 aliphatic rings. The Bertz CT molecular complexity index is 730. The number of nitrogens with zero attached hydrogens (tertiary/aromatic N) is 4. The first-order valence-electron chi connectivity index (χ1n) is 8.59. The van der Waals surface area contributed by atoms with Crippen LogP contribution in [0.15, 0.2) is 0 Å². The molecule has 10 heteroatoms. The number of sulfonamides is 1. The van der Waals surface area contributed by atoms with Gasteiger partial charge in [-0.05, 0) is 12.8 Å². The van der Waals surface area contributed by atoms with Crippen LogP contribution in [0.2, 0.25) is 0 Å². The molecule has 1 fully saturated rings. The fourth-order valence-electron chi connectivity index (χ4n) is 3.23. The largest absolute Gasteiger partial charge is 0.379 e. The molecule has 1 aromatic rings. The van der Waals surface area contributed by atoms with Gasteiger partial charge in [0.05, 0.1) is 25.0 Å². The molecule has 25 heavy (non-hydrogen) atoms. The minimum Gasteiger partial charge on any atom is -0.379 e. The van der Waals surface area contributed by atoms with E-state index in [9.17, 15) is 13.2 Å². The number of ether oxygens (including phenoxy) is 1. The predicted molar refractivity (Wildman–Crippen MR) is 90.6 cm³/mol. The Morgan fingerprint density at radius 2 is 2.08 bits per heavy atom. The van der Waals surface area contributed by atoms with E-state index in [-0.39, 0.29) is 23.6 Å². The smallest absolute Gasteiger partial charge is 0.289 e. The second-order valence-corrected chi connectivity index (χ2v) is 9.07. The molecule has 1 N–H and O–H groups in total. The molecule has 1 aromatic heterocycles. The maximum Gasteiger partial charge on any atom is 0.289 e. The highest BCUT2D eigenvalue weighted by molar-refractivity contribution is 7.89. The second-order valence-electron chi connectivity index (χ2n) is 6.84. The van der Waals surface area contributed by atoms with Crippen LogP contribution < -0.4 is 5.32 Å². The number of aryl methyl sites for hydroxylation is 1. The molecular formula is C15H25N5O4S. The molecule has 3 rings (SSSR count). The Labute approximate surface area is 147 Å². The lowest BCUT2D eigenvalue weighted by Crippen LogP contribution is -2.44. The monoisotopic (exact) mass is 371 g/mol. The van der Waals surface area contributed by atoms with Crippen molar-refractivity contribution in [3.8, 4) is 0 Å². The summed E-state index contributed by atoms with van der Waals surface area (Å²) >= 11 is 0. The predicted octanol–water partition coefficient (Wildman–Crippen LogP) is -0.359. The molecule has 0 radical (unpaired) electrons. The lowest BCUT2D eigenvalue weighted by atomic mass is 10.1. The maximum atomic E-state index is 12.6. The molecule has 0 saturated carbocycles. The zero-order chi connectivity index (χ0) is 18.0. The van der Waals surface area contributed by atoms with Crippen LogP contribution in [0.5, 0.6) is 0 Å². The van der Waals surface area contributed by atoms with Gasteiger partial charge in [0, 0.05) is 33.0 Å². The highest BCUT2D eigenvalue weighted by Crippen LogP contribution is 2.19. The van der Waals surface area contributed by atoms with Gasteiger partial charge in [-0.2, -0.15) is 0 Å². The third-order valence-electron chi connectivity index (χ3n) is 4.81. The highest BCUT2D eigenvalue weighted by Gasteiger charge is 2.35. The van der Waals surface area contributed by atoms with Crippen molar-refractivity contribution < 1.29 is 17.9 Å². The fraction of sp³-hybridized carbons (Fsp3) is 0.800. The molecule has 0 aromatic carbocycles. The fourth-order valence-corrected chi connectivity index (χ4v) is 4.40. The summed E-state index contributed by atoms with van der Waals surface area (Å²) in [5, 5.41) is 11.1. The molecule has 0 bridgehead atoms. The Balaban J connectivity index is 1.69. The van der Waals surface area contributed by atoms with Gasteiger partial charge in [-0.3, -0.25) is 4.79 Å². The summed E-state index contributed by atoms with van der Waals surface area (Å²) in [4.78, 5) is 12.6. The van der Waals surface area contributed by atoms with Crippen molar-refractivity contribution in [1.29, 1.82) is 0 Å². The van der Waals surface area contributed by atoms with Crippen molar-refractivity contribution in [2.45, 2.75) is 38.3 Å². The number of rotatable bonds is 5. The third-order valence-corrected chi connectivity index (χ3v) is 6.77. The number of carbonyl (C=O) groups is 1. The second kappa shape index (κ2) is 7.38. The van der Waals surface area contributed by atoms with Gasteiger partial charge in [0.15, 0.2) is 0 Å². The number of fused-ring (bicyclic) bond motifs is 1. The van der Waals surface area contributed by atoms with Crippen molar-refractivity contribution in [3.63, 3.8) is 0 Å². The standard InChI is InChI=1S/C15H25N5O4S/c1-19(2)25(22,23)10-11-8-24-9-12(11)16-15(21)14-18-17-13-6-4-3-5-7-20(13)14/h11-12H,3-10H2,1-2H3,(H,16,21)/t11-,12-/m0/s1. The lowest BCUT2D eigenvalue weighted by Gasteiger charge is -2.21. The van der Waals surface area contributed by atoms with Crippen LogP contribution in [0.25, 0.3) is 0 Å². The number of amides is 1. The van der Waals surface area contributed by atoms with E-state index in [2.05, 4.69) is 15.5 Å². The molecule has 1 amide bonds. The van der Waals surface area contributed by atoms with Crippen LogP contribution in [0.1, 0.15) is 35.7 Å². The Hall–Kier alpha value is -1.52. The quantitative estimate of drug-likeness (QED) is 0.758. The minimum absolute atomic E-state index is 0.0527. The van der Waals surface area contributed by atoms with Crippen molar-refractivity contribution >= 4 is 15.9 Å². The first-order chi connectivity index (χ1) is 11.9. The highest BCUT2D eigenvalue weighted by atomic mass is 32.2. The molecule has 140 valence electrons. The van der Waals surface area contributed by atoms with Crippen LogP contribution in [0.3, 0.4) is 0 Å². The van der Waals surface area contributed by atoms with Gasteiger partial charge in [-0.25, -0.2) is 12.7 Å². The summed E-state index contributed by atoms with van der Waals surface area (Å²) < 4.78 is 32.7. The van der Waals surface area contributed by atoms with E-state index in [1.165, 1.54) is 18.4 Å². The molecule has 2 atom stereocenters. The van der Waals surface area contributed by atoms with Gasteiger partial charge < -0.3 is 14.6 Å². The topological polar surface area (TPSA) is 106 Å². The van der Waals surface area contributed by atoms with Crippen LogP contribution in [-0.4, -0.2) is 72.5 Å². The maximum absolute atomic E-state index is 12.6. The van der Waals surface area contributed by atoms with E-state index in [1.54, 1.807) is 0 Å². The van der Waals surface area contributed by atoms with Crippen molar-refractivity contribution in [2.24, 2.45) is 5.92 Å². The molecule has 9 nitrogen and oxygen atoms in total. The molecule has 0 aliphatic carbocycles. The van der Waals surface area contributed by atoms with E-state index in [0.717, 1.165) is 38.1 Å². The number of nitrogens with one attached hydrogen (secondary N) is 1. The van der Waals surface area contributed by atoms with E-state index in [1.807, 2.05) is 4.57 Å². The zero-order valence-electron chi connectivity index (χ0n) is 14.6. The normalized spacial score (nSPS) is 24.1. The number of carbonyl (C=O) groups excluding carboxylic acids is 1. The summed E-state index contributed by atoms with van der Waals surface area (Å²) in [5.41, 5.74) is 0. The summed E-state index contributed by atoms with van der Waals surface area (Å²) in [5.74, 6) is 0.504.